The van der Waals surface area contributed by atoms with Gasteiger partial charge in [-0.1, -0.05) is 27.2 Å². The van der Waals surface area contributed by atoms with Crippen molar-refractivity contribution in [3.63, 3.8) is 0 Å². The van der Waals surface area contributed by atoms with Gasteiger partial charge in [-0.3, -0.25) is 0 Å². The molecule has 0 saturated carbocycles. The Kier molecular flexibility index (Phi) is 6.91. The molecule has 68 valence electrons. The first kappa shape index (κ1) is 11.1. The molecule has 0 heterocycles. The first-order valence-electron chi connectivity index (χ1n) is 4.65. The van der Waals surface area contributed by atoms with E-state index in [0.29, 0.717) is 0 Å². The predicted octanol–water partition coefficient (Wildman–Crippen LogP) is 1.85. The highest BCUT2D eigenvalue weighted by atomic mass is 28.3. The van der Waals surface area contributed by atoms with Crippen LogP contribution in [0.4, 0.5) is 0 Å². The van der Waals surface area contributed by atoms with Gasteiger partial charge in [0.2, 0.25) is 0 Å². The summed E-state index contributed by atoms with van der Waals surface area (Å²) in [4.78, 5) is 0. The van der Waals surface area contributed by atoms with E-state index in [-0.39, 0.29) is 6.23 Å². The molecule has 0 fully saturated rings. The molecule has 2 N–H and O–H groups in total. The zero-order chi connectivity index (χ0) is 8.69. The van der Waals surface area contributed by atoms with Gasteiger partial charge in [0, 0.05) is 0 Å². The van der Waals surface area contributed by atoms with E-state index in [1.807, 2.05) is 0 Å². The molecule has 0 radical (unpaired) electrons. The maximum absolute atomic E-state index is 5.75. The monoisotopic (exact) mass is 175 g/mol. The first-order valence-corrected chi connectivity index (χ1v) is 6.76. The average molecular weight is 175 g/mol. The van der Waals surface area contributed by atoms with E-state index in [4.69, 9.17) is 10.2 Å². The van der Waals surface area contributed by atoms with E-state index < -0.39 is 9.04 Å². The molecule has 0 aliphatic rings. The molecule has 0 aliphatic carbocycles. The van der Waals surface area contributed by atoms with Crippen LogP contribution in [-0.2, 0) is 4.43 Å². The Morgan fingerprint density at radius 2 is 1.82 bits per heavy atom. The van der Waals surface area contributed by atoms with Crippen LogP contribution < -0.4 is 5.73 Å². The van der Waals surface area contributed by atoms with Crippen molar-refractivity contribution in [3.05, 3.63) is 0 Å². The van der Waals surface area contributed by atoms with Gasteiger partial charge in [-0.05, 0) is 18.5 Å². The Morgan fingerprint density at radius 1 is 1.27 bits per heavy atom. The standard InChI is InChI=1S/C8H21NOSi/c1-4-7-8(9)10-11(5-2)6-3/h8,11H,4-7,9H2,1-3H3. The van der Waals surface area contributed by atoms with Gasteiger partial charge in [-0.25, -0.2) is 0 Å². The van der Waals surface area contributed by atoms with Gasteiger partial charge in [-0.15, -0.1) is 0 Å². The Morgan fingerprint density at radius 3 is 2.18 bits per heavy atom. The molecule has 0 aromatic carbocycles. The van der Waals surface area contributed by atoms with E-state index in [1.165, 1.54) is 12.1 Å². The second kappa shape index (κ2) is 6.82. The Hall–Kier alpha value is 0.137. The molecule has 0 aromatic rings. The molecular formula is C8H21NOSi. The lowest BCUT2D eigenvalue weighted by Crippen LogP contribution is -2.31. The highest BCUT2D eigenvalue weighted by Gasteiger charge is 2.10. The van der Waals surface area contributed by atoms with Crippen LogP contribution in [0.15, 0.2) is 0 Å². The van der Waals surface area contributed by atoms with E-state index in [1.54, 1.807) is 0 Å². The van der Waals surface area contributed by atoms with E-state index in [9.17, 15) is 0 Å². The molecule has 0 aliphatic heterocycles. The summed E-state index contributed by atoms with van der Waals surface area (Å²) in [5.74, 6) is 0. The van der Waals surface area contributed by atoms with Gasteiger partial charge >= 0.3 is 0 Å². The average Bonchev–Trinajstić information content (AvgIpc) is 2.01. The number of hydrogen-bond donors (Lipinski definition) is 1. The fraction of sp³-hybridized carbons (Fsp3) is 1.00. The molecule has 0 amide bonds. The van der Waals surface area contributed by atoms with Crippen LogP contribution in [0.25, 0.3) is 0 Å². The van der Waals surface area contributed by atoms with Gasteiger partial charge in [0.05, 0.1) is 6.23 Å². The quantitative estimate of drug-likeness (QED) is 0.494. The summed E-state index contributed by atoms with van der Waals surface area (Å²) in [6.07, 6.45) is 2.13. The summed E-state index contributed by atoms with van der Waals surface area (Å²) >= 11 is 0. The molecule has 11 heavy (non-hydrogen) atoms. The molecule has 1 unspecified atom stereocenters. The summed E-state index contributed by atoms with van der Waals surface area (Å²) in [6, 6.07) is 2.40. The lowest BCUT2D eigenvalue weighted by molar-refractivity contribution is 0.196. The van der Waals surface area contributed by atoms with Crippen molar-refractivity contribution in [2.45, 2.75) is 51.9 Å². The lowest BCUT2D eigenvalue weighted by atomic mass is 10.3. The van der Waals surface area contributed by atoms with Crippen molar-refractivity contribution in [2.75, 3.05) is 0 Å². The van der Waals surface area contributed by atoms with E-state index in [2.05, 4.69) is 20.8 Å². The zero-order valence-electron chi connectivity index (χ0n) is 7.97. The van der Waals surface area contributed by atoms with Crippen molar-refractivity contribution in [3.8, 4) is 0 Å². The second-order valence-corrected chi connectivity index (χ2v) is 6.05. The largest absolute Gasteiger partial charge is 0.405 e. The van der Waals surface area contributed by atoms with Crippen molar-refractivity contribution < 1.29 is 4.43 Å². The topological polar surface area (TPSA) is 35.2 Å². The molecular weight excluding hydrogens is 154 g/mol. The van der Waals surface area contributed by atoms with Crippen LogP contribution in [0.1, 0.15) is 33.6 Å². The minimum atomic E-state index is -0.907. The van der Waals surface area contributed by atoms with Gasteiger partial charge in [-0.2, -0.15) is 0 Å². The summed E-state index contributed by atoms with van der Waals surface area (Å²) in [6.45, 7) is 6.52. The van der Waals surface area contributed by atoms with Crippen molar-refractivity contribution in [1.82, 2.24) is 0 Å². The molecule has 0 spiro atoms. The molecule has 3 heteroatoms. The predicted molar refractivity (Wildman–Crippen MR) is 52.1 cm³/mol. The fourth-order valence-corrected chi connectivity index (χ4v) is 2.67. The van der Waals surface area contributed by atoms with Crippen LogP contribution in [-0.4, -0.2) is 15.3 Å². The smallest absolute Gasteiger partial charge is 0.178 e. The van der Waals surface area contributed by atoms with Crippen LogP contribution in [0.5, 0.6) is 0 Å². The third-order valence-corrected chi connectivity index (χ3v) is 4.41. The maximum Gasteiger partial charge on any atom is 0.178 e. The maximum atomic E-state index is 5.75. The minimum Gasteiger partial charge on any atom is -0.405 e. The summed E-state index contributed by atoms with van der Waals surface area (Å²) in [5, 5.41) is 0. The minimum absolute atomic E-state index is 0.0107. The molecule has 0 bridgehead atoms. The Balaban J connectivity index is 3.44. The van der Waals surface area contributed by atoms with Crippen LogP contribution in [0, 0.1) is 0 Å². The Labute approximate surface area is 71.8 Å². The van der Waals surface area contributed by atoms with E-state index in [0.717, 1.165) is 12.8 Å². The first-order chi connectivity index (χ1) is 5.24. The normalized spacial score (nSPS) is 13.9. The van der Waals surface area contributed by atoms with Crippen LogP contribution in [0.2, 0.25) is 12.1 Å². The fourth-order valence-electron chi connectivity index (χ4n) is 1.08. The number of nitrogens with two attached hydrogens (primary N) is 1. The van der Waals surface area contributed by atoms with E-state index >= 15 is 0 Å². The molecule has 0 saturated heterocycles. The third kappa shape index (κ3) is 5.41. The number of hydrogen-bond acceptors (Lipinski definition) is 2. The van der Waals surface area contributed by atoms with Gasteiger partial charge in [0.25, 0.3) is 0 Å². The van der Waals surface area contributed by atoms with Gasteiger partial charge < -0.3 is 10.2 Å². The molecule has 0 rings (SSSR count). The third-order valence-electron chi connectivity index (χ3n) is 1.85. The molecule has 2 nitrogen and oxygen atoms in total. The summed E-state index contributed by atoms with van der Waals surface area (Å²) in [5.41, 5.74) is 5.75. The van der Waals surface area contributed by atoms with Crippen LogP contribution in [0.3, 0.4) is 0 Å². The summed E-state index contributed by atoms with van der Waals surface area (Å²) in [7, 11) is -0.907. The van der Waals surface area contributed by atoms with Crippen molar-refractivity contribution in [1.29, 1.82) is 0 Å². The van der Waals surface area contributed by atoms with Crippen LogP contribution >= 0.6 is 0 Å². The van der Waals surface area contributed by atoms with Gasteiger partial charge in [0.1, 0.15) is 0 Å². The van der Waals surface area contributed by atoms with Gasteiger partial charge in [0.15, 0.2) is 9.04 Å². The van der Waals surface area contributed by atoms with Crippen molar-refractivity contribution in [2.24, 2.45) is 5.73 Å². The SMILES string of the molecule is CCCC(N)O[SiH](CC)CC. The highest BCUT2D eigenvalue weighted by molar-refractivity contribution is 6.51. The molecule has 0 aromatic heterocycles. The Bertz CT molecular complexity index is 86.2. The number of rotatable bonds is 6. The molecule has 1 atom stereocenters. The van der Waals surface area contributed by atoms with Crippen molar-refractivity contribution >= 4 is 9.04 Å². The zero-order valence-corrected chi connectivity index (χ0v) is 9.12. The second-order valence-electron chi connectivity index (χ2n) is 2.90. The summed E-state index contributed by atoms with van der Waals surface area (Å²) < 4.78 is 5.71. The highest BCUT2D eigenvalue weighted by Crippen LogP contribution is 2.04. The lowest BCUT2D eigenvalue weighted by Gasteiger charge is -2.18.